The van der Waals surface area contributed by atoms with Crippen molar-refractivity contribution in [2.45, 2.75) is 19.8 Å². The molecule has 2 aromatic rings. The van der Waals surface area contributed by atoms with Gasteiger partial charge in [0.1, 0.15) is 0 Å². The summed E-state index contributed by atoms with van der Waals surface area (Å²) in [6, 6.07) is 15.0. The first-order valence-corrected chi connectivity index (χ1v) is 8.23. The Balaban J connectivity index is 2.16. The third-order valence-corrected chi connectivity index (χ3v) is 4.25. The van der Waals surface area contributed by atoms with Crippen molar-refractivity contribution in [1.29, 1.82) is 0 Å². The summed E-state index contributed by atoms with van der Waals surface area (Å²) in [6.07, 6.45) is 5.91. The monoisotopic (exact) mass is 314 g/mol. The molecule has 0 fully saturated rings. The first-order chi connectivity index (χ1) is 11.7. The van der Waals surface area contributed by atoms with E-state index in [1.165, 1.54) is 22.3 Å². The molecular formula is C22H22N2. The Morgan fingerprint density at radius 2 is 2.04 bits per heavy atom. The molecule has 1 aliphatic heterocycles. The van der Waals surface area contributed by atoms with E-state index in [0.29, 0.717) is 0 Å². The van der Waals surface area contributed by atoms with Crippen LogP contribution in [0.15, 0.2) is 59.8 Å². The number of hydrogen-bond donors (Lipinski definition) is 1. The van der Waals surface area contributed by atoms with Crippen LogP contribution in [0.3, 0.4) is 0 Å². The lowest BCUT2D eigenvalue weighted by Crippen LogP contribution is -1.99. The van der Waals surface area contributed by atoms with E-state index >= 15 is 0 Å². The van der Waals surface area contributed by atoms with Crippen LogP contribution in [0.5, 0.6) is 0 Å². The van der Waals surface area contributed by atoms with Gasteiger partial charge in [-0.3, -0.25) is 4.99 Å². The van der Waals surface area contributed by atoms with E-state index in [2.05, 4.69) is 67.0 Å². The summed E-state index contributed by atoms with van der Waals surface area (Å²) in [4.78, 5) is 4.72. The van der Waals surface area contributed by atoms with Crippen molar-refractivity contribution < 1.29 is 0 Å². The number of anilines is 1. The van der Waals surface area contributed by atoms with Gasteiger partial charge in [0.05, 0.1) is 5.70 Å². The fourth-order valence-corrected chi connectivity index (χ4v) is 3.09. The normalized spacial score (nSPS) is 13.6. The summed E-state index contributed by atoms with van der Waals surface area (Å²) in [7, 11) is 1.93. The minimum Gasteiger partial charge on any atom is -0.388 e. The van der Waals surface area contributed by atoms with Gasteiger partial charge in [-0.2, -0.15) is 0 Å². The predicted octanol–water partition coefficient (Wildman–Crippen LogP) is 5.57. The molecule has 3 rings (SSSR count). The topological polar surface area (TPSA) is 24.4 Å². The molecule has 0 aromatic heterocycles. The molecule has 0 saturated carbocycles. The number of allylic oxidation sites excluding steroid dienone is 1. The number of rotatable bonds is 4. The molecule has 2 aromatic carbocycles. The summed E-state index contributed by atoms with van der Waals surface area (Å²) in [5.74, 6) is 0. The maximum atomic E-state index is 4.72. The van der Waals surface area contributed by atoms with E-state index in [1.54, 1.807) is 0 Å². The van der Waals surface area contributed by atoms with Crippen molar-refractivity contribution in [3.05, 3.63) is 77.0 Å². The van der Waals surface area contributed by atoms with E-state index in [9.17, 15) is 0 Å². The number of aliphatic imine (C=N–C) groups is 1. The molecule has 2 heteroatoms. The second-order valence-corrected chi connectivity index (χ2v) is 5.95. The van der Waals surface area contributed by atoms with Crippen molar-refractivity contribution >= 4 is 29.2 Å². The Bertz CT molecular complexity index is 865. The average molecular weight is 314 g/mol. The summed E-state index contributed by atoms with van der Waals surface area (Å²) in [6.45, 7) is 5.82. The maximum absolute atomic E-state index is 4.72. The second kappa shape index (κ2) is 7.16. The molecule has 0 spiro atoms. The zero-order valence-electron chi connectivity index (χ0n) is 14.3. The summed E-state index contributed by atoms with van der Waals surface area (Å²) >= 11 is 0. The van der Waals surface area contributed by atoms with Gasteiger partial charge in [-0.15, -0.1) is 5.73 Å². The third-order valence-electron chi connectivity index (χ3n) is 4.25. The zero-order chi connectivity index (χ0) is 16.9. The van der Waals surface area contributed by atoms with E-state index in [0.717, 1.165) is 29.8 Å². The van der Waals surface area contributed by atoms with Gasteiger partial charge in [0, 0.05) is 30.1 Å². The summed E-state index contributed by atoms with van der Waals surface area (Å²) in [5.41, 5.74) is 11.1. The van der Waals surface area contributed by atoms with Gasteiger partial charge in [-0.25, -0.2) is 0 Å². The molecule has 0 radical (unpaired) electrons. The van der Waals surface area contributed by atoms with E-state index in [1.807, 2.05) is 19.3 Å². The van der Waals surface area contributed by atoms with Crippen molar-refractivity contribution in [3.8, 4) is 0 Å². The predicted molar refractivity (Wildman–Crippen MR) is 105 cm³/mol. The largest absolute Gasteiger partial charge is 0.388 e. The second-order valence-electron chi connectivity index (χ2n) is 5.95. The first kappa shape index (κ1) is 16.0. The molecule has 0 saturated heterocycles. The Morgan fingerprint density at radius 1 is 1.17 bits per heavy atom. The van der Waals surface area contributed by atoms with Crippen LogP contribution in [0.25, 0.3) is 17.3 Å². The third kappa shape index (κ3) is 3.24. The van der Waals surface area contributed by atoms with Gasteiger partial charge in [-0.05, 0) is 55.2 Å². The van der Waals surface area contributed by atoms with Crippen LogP contribution in [0.4, 0.5) is 5.69 Å². The molecule has 1 aliphatic rings. The fourth-order valence-electron chi connectivity index (χ4n) is 3.09. The molecule has 1 N–H and O–H groups in total. The lowest BCUT2D eigenvalue weighted by molar-refractivity contribution is 1.11. The first-order valence-electron chi connectivity index (χ1n) is 8.23. The highest BCUT2D eigenvalue weighted by Gasteiger charge is 2.15. The van der Waals surface area contributed by atoms with Crippen LogP contribution in [0.2, 0.25) is 0 Å². The van der Waals surface area contributed by atoms with E-state index in [-0.39, 0.29) is 0 Å². The molecule has 120 valence electrons. The van der Waals surface area contributed by atoms with Gasteiger partial charge < -0.3 is 5.32 Å². The van der Waals surface area contributed by atoms with Crippen LogP contribution in [0.1, 0.15) is 35.1 Å². The Labute approximate surface area is 144 Å². The van der Waals surface area contributed by atoms with Crippen molar-refractivity contribution in [2.24, 2.45) is 4.99 Å². The standard InChI is InChI=1S/C22H22N2/c1-4-7-18-15-17(11-12-21(18)23-3)20-10-6-13-24-22(20)19-9-5-8-16(2)14-19/h5,7-9,11-15,23H,1,6,10H2,2-3H3. The number of aryl methyl sites for hydroxylation is 1. The lowest BCUT2D eigenvalue weighted by Gasteiger charge is -2.18. The highest BCUT2D eigenvalue weighted by Crippen LogP contribution is 2.35. The van der Waals surface area contributed by atoms with Crippen LogP contribution in [0, 0.1) is 6.92 Å². The van der Waals surface area contributed by atoms with Gasteiger partial charge >= 0.3 is 0 Å². The molecule has 2 nitrogen and oxygen atoms in total. The van der Waals surface area contributed by atoms with E-state index in [4.69, 9.17) is 4.99 Å². The summed E-state index contributed by atoms with van der Waals surface area (Å²) in [5, 5.41) is 3.22. The van der Waals surface area contributed by atoms with Crippen LogP contribution in [-0.4, -0.2) is 13.3 Å². The fraction of sp³-hybridized carbons (Fsp3) is 0.182. The molecule has 0 unspecified atom stereocenters. The number of nitrogens with one attached hydrogen (secondary N) is 1. The van der Waals surface area contributed by atoms with Crippen LogP contribution >= 0.6 is 0 Å². The van der Waals surface area contributed by atoms with Gasteiger partial charge in [0.2, 0.25) is 0 Å². The van der Waals surface area contributed by atoms with E-state index < -0.39 is 0 Å². The van der Waals surface area contributed by atoms with Crippen molar-refractivity contribution in [2.75, 3.05) is 12.4 Å². The van der Waals surface area contributed by atoms with Crippen LogP contribution in [-0.2, 0) is 0 Å². The highest BCUT2D eigenvalue weighted by atomic mass is 14.8. The molecule has 0 bridgehead atoms. The Kier molecular flexibility index (Phi) is 4.79. The molecular weight excluding hydrogens is 292 g/mol. The van der Waals surface area contributed by atoms with Crippen molar-refractivity contribution in [3.63, 3.8) is 0 Å². The van der Waals surface area contributed by atoms with Gasteiger partial charge in [0.15, 0.2) is 0 Å². The highest BCUT2D eigenvalue weighted by molar-refractivity contribution is 5.96. The minimum absolute atomic E-state index is 0.977. The molecule has 0 atom stereocenters. The Hall–Kier alpha value is -2.83. The molecule has 1 heterocycles. The van der Waals surface area contributed by atoms with Gasteiger partial charge in [0.25, 0.3) is 0 Å². The summed E-state index contributed by atoms with van der Waals surface area (Å²) < 4.78 is 0. The molecule has 0 aliphatic carbocycles. The quantitative estimate of drug-likeness (QED) is 0.733. The number of nitrogens with zero attached hydrogens (tertiary/aromatic N) is 1. The molecule has 0 amide bonds. The Morgan fingerprint density at radius 3 is 2.79 bits per heavy atom. The SMILES string of the molecule is C=C=Cc1cc(C2=C(c3cccc(C)c3)N=CCC2)ccc1NC. The smallest absolute Gasteiger partial charge is 0.0736 e. The van der Waals surface area contributed by atoms with Crippen LogP contribution < -0.4 is 5.32 Å². The number of hydrogen-bond acceptors (Lipinski definition) is 2. The average Bonchev–Trinajstić information content (AvgIpc) is 2.62. The van der Waals surface area contributed by atoms with Crippen molar-refractivity contribution in [1.82, 2.24) is 0 Å². The van der Waals surface area contributed by atoms with Gasteiger partial charge in [-0.1, -0.05) is 36.4 Å². The zero-order valence-corrected chi connectivity index (χ0v) is 14.3. The molecule has 24 heavy (non-hydrogen) atoms. The minimum atomic E-state index is 0.977. The number of benzene rings is 2. The maximum Gasteiger partial charge on any atom is 0.0736 e. The lowest BCUT2D eigenvalue weighted by atomic mass is 9.92.